The van der Waals surface area contributed by atoms with E-state index in [9.17, 15) is 13.2 Å². The molecular formula is C21H29N3O4S2. The number of sulfonamides is 1. The van der Waals surface area contributed by atoms with E-state index in [0.29, 0.717) is 31.7 Å². The molecule has 1 aromatic carbocycles. The molecule has 0 aliphatic carbocycles. The summed E-state index contributed by atoms with van der Waals surface area (Å²) in [5.74, 6) is 0.234. The van der Waals surface area contributed by atoms with Crippen molar-refractivity contribution in [2.75, 3.05) is 26.7 Å². The fraction of sp³-hybridized carbons (Fsp3) is 0.524. The minimum absolute atomic E-state index is 0.0604. The van der Waals surface area contributed by atoms with Gasteiger partial charge in [-0.15, -0.1) is 11.3 Å². The normalized spacial score (nSPS) is 17.6. The molecule has 0 spiro atoms. The molecule has 1 aliphatic rings. The Kier molecular flexibility index (Phi) is 7.85. The largest absolute Gasteiger partial charge is 0.497 e. The Hall–Kier alpha value is -1.97. The van der Waals surface area contributed by atoms with E-state index in [2.05, 4.69) is 10.3 Å². The van der Waals surface area contributed by atoms with Gasteiger partial charge in [-0.25, -0.2) is 13.4 Å². The Morgan fingerprint density at radius 2 is 2.07 bits per heavy atom. The molecule has 1 aliphatic heterocycles. The lowest BCUT2D eigenvalue weighted by Crippen LogP contribution is -2.45. The summed E-state index contributed by atoms with van der Waals surface area (Å²) >= 11 is 1.67. The molecule has 1 fully saturated rings. The first-order chi connectivity index (χ1) is 14.4. The molecule has 0 bridgehead atoms. The SMILES string of the molecule is COc1ccc(S(=O)(=O)N2CCCC(C(=O)NCCCCc3nc(C)cs3)C2)cc1. The van der Waals surface area contributed by atoms with Crippen molar-refractivity contribution in [3.63, 3.8) is 0 Å². The topological polar surface area (TPSA) is 88.6 Å². The zero-order chi connectivity index (χ0) is 21.6. The molecule has 7 nitrogen and oxygen atoms in total. The Balaban J connectivity index is 1.47. The standard InChI is InChI=1S/C21H29N3O4S2/c1-16-15-29-20(23-16)7-3-4-12-22-21(25)17-6-5-13-24(14-17)30(26,27)19-10-8-18(28-2)9-11-19/h8-11,15,17H,3-7,12-14H2,1-2H3,(H,22,25). The van der Waals surface area contributed by atoms with Gasteiger partial charge in [-0.2, -0.15) is 4.31 Å². The highest BCUT2D eigenvalue weighted by atomic mass is 32.2. The maximum Gasteiger partial charge on any atom is 0.243 e. The van der Waals surface area contributed by atoms with Crippen LogP contribution in [0.15, 0.2) is 34.5 Å². The smallest absolute Gasteiger partial charge is 0.243 e. The van der Waals surface area contributed by atoms with Gasteiger partial charge in [-0.05, 0) is 63.3 Å². The summed E-state index contributed by atoms with van der Waals surface area (Å²) in [6.07, 6.45) is 4.15. The van der Waals surface area contributed by atoms with Gasteiger partial charge in [-0.3, -0.25) is 4.79 Å². The Bertz CT molecular complexity index is 941. The van der Waals surface area contributed by atoms with Crippen LogP contribution in [0.3, 0.4) is 0 Å². The van der Waals surface area contributed by atoms with Crippen LogP contribution in [0, 0.1) is 12.8 Å². The molecule has 164 valence electrons. The fourth-order valence-corrected chi connectivity index (χ4v) is 5.89. The van der Waals surface area contributed by atoms with E-state index >= 15 is 0 Å². The van der Waals surface area contributed by atoms with Gasteiger partial charge < -0.3 is 10.1 Å². The number of benzene rings is 1. The number of rotatable bonds is 9. The molecule has 1 atom stereocenters. The molecule has 2 heterocycles. The van der Waals surface area contributed by atoms with Gasteiger partial charge in [0.1, 0.15) is 5.75 Å². The number of unbranched alkanes of at least 4 members (excludes halogenated alkanes) is 1. The van der Waals surface area contributed by atoms with Gasteiger partial charge in [-0.1, -0.05) is 0 Å². The van der Waals surface area contributed by atoms with E-state index in [1.54, 1.807) is 35.6 Å². The monoisotopic (exact) mass is 451 g/mol. The molecule has 1 aromatic heterocycles. The first-order valence-electron chi connectivity index (χ1n) is 10.2. The van der Waals surface area contributed by atoms with Crippen LogP contribution in [0.1, 0.15) is 36.4 Å². The first kappa shape index (κ1) is 22.7. The molecule has 2 aromatic rings. The molecule has 1 unspecified atom stereocenters. The van der Waals surface area contributed by atoms with Crippen molar-refractivity contribution in [2.45, 2.75) is 43.9 Å². The third-order valence-corrected chi connectivity index (χ3v) is 8.14. The maximum absolute atomic E-state index is 12.9. The third kappa shape index (κ3) is 5.80. The molecular weight excluding hydrogens is 422 g/mol. The van der Waals surface area contributed by atoms with E-state index in [-0.39, 0.29) is 23.3 Å². The minimum Gasteiger partial charge on any atom is -0.497 e. The van der Waals surface area contributed by atoms with Gasteiger partial charge in [0.15, 0.2) is 0 Å². The van der Waals surface area contributed by atoms with Gasteiger partial charge in [0.25, 0.3) is 0 Å². The molecule has 1 saturated heterocycles. The van der Waals surface area contributed by atoms with Crippen LogP contribution in [-0.2, 0) is 21.2 Å². The second-order valence-corrected chi connectivity index (χ2v) is 10.4. The maximum atomic E-state index is 12.9. The lowest BCUT2D eigenvalue weighted by atomic mass is 9.99. The lowest BCUT2D eigenvalue weighted by Gasteiger charge is -2.31. The molecule has 0 saturated carbocycles. The van der Waals surface area contributed by atoms with Gasteiger partial charge in [0, 0.05) is 30.7 Å². The van der Waals surface area contributed by atoms with E-state index in [1.807, 2.05) is 12.3 Å². The van der Waals surface area contributed by atoms with E-state index in [4.69, 9.17) is 4.74 Å². The molecule has 1 N–H and O–H groups in total. The quantitative estimate of drug-likeness (QED) is 0.592. The first-order valence-corrected chi connectivity index (χ1v) is 12.5. The Morgan fingerprint density at radius 1 is 1.30 bits per heavy atom. The molecule has 1 amide bonds. The predicted octanol–water partition coefficient (Wildman–Crippen LogP) is 3.00. The second kappa shape index (κ2) is 10.4. The van der Waals surface area contributed by atoms with E-state index in [1.165, 1.54) is 11.4 Å². The van der Waals surface area contributed by atoms with Gasteiger partial charge in [0.2, 0.25) is 15.9 Å². The number of carbonyl (C=O) groups excluding carboxylic acids is 1. The highest BCUT2D eigenvalue weighted by Crippen LogP contribution is 2.25. The summed E-state index contributed by atoms with van der Waals surface area (Å²) in [5.41, 5.74) is 1.05. The minimum atomic E-state index is -3.62. The van der Waals surface area contributed by atoms with Crippen LogP contribution < -0.4 is 10.1 Å². The van der Waals surface area contributed by atoms with Crippen molar-refractivity contribution < 1.29 is 17.9 Å². The Labute approximate surface area is 182 Å². The number of aromatic nitrogens is 1. The summed E-state index contributed by atoms with van der Waals surface area (Å²) in [6.45, 7) is 3.25. The summed E-state index contributed by atoms with van der Waals surface area (Å²) in [6, 6.07) is 6.35. The van der Waals surface area contributed by atoms with Crippen molar-refractivity contribution >= 4 is 27.3 Å². The number of ether oxygens (including phenoxy) is 1. The molecule has 3 rings (SSSR count). The highest BCUT2D eigenvalue weighted by Gasteiger charge is 2.33. The van der Waals surface area contributed by atoms with Crippen LogP contribution in [0.2, 0.25) is 0 Å². The van der Waals surface area contributed by atoms with Crippen LogP contribution in [0.4, 0.5) is 0 Å². The molecule has 0 radical (unpaired) electrons. The summed E-state index contributed by atoms with van der Waals surface area (Å²) in [7, 11) is -2.08. The number of hydrogen-bond donors (Lipinski definition) is 1. The van der Waals surface area contributed by atoms with Crippen LogP contribution >= 0.6 is 11.3 Å². The number of carbonyl (C=O) groups is 1. The number of methoxy groups -OCH3 is 1. The van der Waals surface area contributed by atoms with E-state index < -0.39 is 10.0 Å². The third-order valence-electron chi connectivity index (χ3n) is 5.24. The van der Waals surface area contributed by atoms with Crippen LogP contribution in [0.5, 0.6) is 5.75 Å². The predicted molar refractivity (Wildman–Crippen MR) is 117 cm³/mol. The summed E-state index contributed by atoms with van der Waals surface area (Å²) in [5, 5.41) is 6.15. The Morgan fingerprint density at radius 3 is 2.73 bits per heavy atom. The average molecular weight is 452 g/mol. The average Bonchev–Trinajstić information content (AvgIpc) is 3.18. The van der Waals surface area contributed by atoms with Gasteiger partial charge >= 0.3 is 0 Å². The molecule has 9 heteroatoms. The number of piperidine rings is 1. The summed E-state index contributed by atoms with van der Waals surface area (Å²) in [4.78, 5) is 17.2. The zero-order valence-corrected chi connectivity index (χ0v) is 19.1. The van der Waals surface area contributed by atoms with Crippen molar-refractivity contribution in [3.8, 4) is 5.75 Å². The number of nitrogens with zero attached hydrogens (tertiary/aromatic N) is 2. The summed E-state index contributed by atoms with van der Waals surface area (Å²) < 4.78 is 32.4. The van der Waals surface area contributed by atoms with E-state index in [0.717, 1.165) is 30.0 Å². The van der Waals surface area contributed by atoms with Crippen molar-refractivity contribution in [2.24, 2.45) is 5.92 Å². The van der Waals surface area contributed by atoms with Crippen molar-refractivity contribution in [3.05, 3.63) is 40.3 Å². The number of nitrogens with one attached hydrogen (secondary N) is 1. The fourth-order valence-electron chi connectivity index (χ4n) is 3.55. The van der Waals surface area contributed by atoms with Crippen molar-refractivity contribution in [1.29, 1.82) is 0 Å². The zero-order valence-electron chi connectivity index (χ0n) is 17.5. The molecule has 30 heavy (non-hydrogen) atoms. The van der Waals surface area contributed by atoms with Crippen molar-refractivity contribution in [1.82, 2.24) is 14.6 Å². The number of aryl methyl sites for hydroxylation is 2. The highest BCUT2D eigenvalue weighted by molar-refractivity contribution is 7.89. The number of hydrogen-bond acceptors (Lipinski definition) is 6. The number of amides is 1. The second-order valence-electron chi connectivity index (χ2n) is 7.51. The van der Waals surface area contributed by atoms with Crippen LogP contribution in [0.25, 0.3) is 0 Å². The van der Waals surface area contributed by atoms with Gasteiger partial charge in [0.05, 0.1) is 22.9 Å². The number of thiazole rings is 1. The lowest BCUT2D eigenvalue weighted by molar-refractivity contribution is -0.126. The van der Waals surface area contributed by atoms with Crippen LogP contribution in [-0.4, -0.2) is 50.4 Å².